The number of para-hydroxylation sites is 1. The van der Waals surface area contributed by atoms with Crippen molar-refractivity contribution in [3.05, 3.63) is 54.1 Å². The highest BCUT2D eigenvalue weighted by molar-refractivity contribution is 6.06. The van der Waals surface area contributed by atoms with Gasteiger partial charge in [0.2, 0.25) is 5.91 Å². The molecular formula is C24H29N3O3. The fraction of sp³-hybridized carbons (Fsp3) is 0.375. The number of carbonyl (C=O) groups excluding carboxylic acids is 3. The van der Waals surface area contributed by atoms with Gasteiger partial charge in [-0.1, -0.05) is 62.7 Å². The fourth-order valence-corrected chi connectivity index (χ4v) is 3.61. The monoisotopic (exact) mass is 407 g/mol. The number of nitrogens with zero attached hydrogens (tertiary/aromatic N) is 1. The van der Waals surface area contributed by atoms with E-state index in [2.05, 4.69) is 10.7 Å². The second-order valence-electron chi connectivity index (χ2n) is 7.98. The standard InChI is InChI=1S/C24H29N3O3/c1-5-15(2)14-22(28)25-17(4)23(29)26-27-21-13-9-8-12-20(21)19-11-7-6-10-18(19)16(3)24(27)30/h6-13,15-17H,5,14H2,1-4H3,(H,25,28)(H,26,29)/t15?,16?,17-/m0/s1. The topological polar surface area (TPSA) is 78.5 Å². The molecule has 30 heavy (non-hydrogen) atoms. The Morgan fingerprint density at radius 2 is 1.67 bits per heavy atom. The predicted octanol–water partition coefficient (Wildman–Crippen LogP) is 3.78. The lowest BCUT2D eigenvalue weighted by Crippen LogP contribution is -2.54. The van der Waals surface area contributed by atoms with Gasteiger partial charge in [0.25, 0.3) is 11.8 Å². The molecule has 0 bridgehead atoms. The number of benzene rings is 2. The van der Waals surface area contributed by atoms with Crippen LogP contribution < -0.4 is 15.8 Å². The normalized spacial score (nSPS) is 17.3. The zero-order valence-corrected chi connectivity index (χ0v) is 17.9. The number of rotatable bonds is 6. The summed E-state index contributed by atoms with van der Waals surface area (Å²) in [5.41, 5.74) is 6.11. The van der Waals surface area contributed by atoms with E-state index in [1.165, 1.54) is 5.01 Å². The smallest absolute Gasteiger partial charge is 0.261 e. The number of fused-ring (bicyclic) bond motifs is 3. The molecule has 1 aliphatic rings. The highest BCUT2D eigenvalue weighted by atomic mass is 16.2. The van der Waals surface area contributed by atoms with Crippen molar-refractivity contribution in [3.8, 4) is 11.1 Å². The number of carbonyl (C=O) groups is 3. The van der Waals surface area contributed by atoms with Gasteiger partial charge in [-0.2, -0.15) is 0 Å². The molecule has 2 unspecified atom stereocenters. The molecule has 3 amide bonds. The predicted molar refractivity (Wildman–Crippen MR) is 118 cm³/mol. The summed E-state index contributed by atoms with van der Waals surface area (Å²) in [6.45, 7) is 7.48. The van der Waals surface area contributed by atoms with Crippen molar-refractivity contribution in [2.45, 2.75) is 52.5 Å². The minimum absolute atomic E-state index is 0.171. The Hall–Kier alpha value is -3.15. The second-order valence-corrected chi connectivity index (χ2v) is 7.98. The summed E-state index contributed by atoms with van der Waals surface area (Å²) < 4.78 is 0. The van der Waals surface area contributed by atoms with E-state index in [4.69, 9.17) is 0 Å². The molecule has 158 valence electrons. The Bertz CT molecular complexity index is 956. The van der Waals surface area contributed by atoms with E-state index in [0.717, 1.165) is 23.1 Å². The second kappa shape index (κ2) is 9.11. The van der Waals surface area contributed by atoms with Crippen molar-refractivity contribution < 1.29 is 14.4 Å². The highest BCUT2D eigenvalue weighted by Gasteiger charge is 2.33. The molecule has 0 aliphatic carbocycles. The molecule has 0 radical (unpaired) electrons. The van der Waals surface area contributed by atoms with Crippen molar-refractivity contribution in [2.24, 2.45) is 5.92 Å². The van der Waals surface area contributed by atoms with Gasteiger partial charge in [0.15, 0.2) is 0 Å². The Labute approximate surface area is 177 Å². The molecule has 0 fully saturated rings. The molecule has 3 rings (SSSR count). The molecule has 2 aromatic rings. The van der Waals surface area contributed by atoms with Gasteiger partial charge in [0.05, 0.1) is 11.6 Å². The fourth-order valence-electron chi connectivity index (χ4n) is 3.61. The molecule has 0 saturated carbocycles. The average Bonchev–Trinajstić information content (AvgIpc) is 2.83. The van der Waals surface area contributed by atoms with E-state index in [1.54, 1.807) is 6.92 Å². The Kier molecular flexibility index (Phi) is 6.55. The van der Waals surface area contributed by atoms with E-state index >= 15 is 0 Å². The highest BCUT2D eigenvalue weighted by Crippen LogP contribution is 2.39. The summed E-state index contributed by atoms with van der Waals surface area (Å²) >= 11 is 0. The van der Waals surface area contributed by atoms with Gasteiger partial charge in [0.1, 0.15) is 6.04 Å². The lowest BCUT2D eigenvalue weighted by Gasteiger charge is -2.27. The largest absolute Gasteiger partial charge is 0.345 e. The van der Waals surface area contributed by atoms with Crippen LogP contribution in [0.2, 0.25) is 0 Å². The van der Waals surface area contributed by atoms with E-state index in [9.17, 15) is 14.4 Å². The maximum atomic E-state index is 13.3. The first-order chi connectivity index (χ1) is 14.3. The number of nitrogens with one attached hydrogen (secondary N) is 2. The summed E-state index contributed by atoms with van der Waals surface area (Å²) in [6, 6.07) is 14.5. The van der Waals surface area contributed by atoms with Gasteiger partial charge >= 0.3 is 0 Å². The molecule has 2 aromatic carbocycles. The minimum Gasteiger partial charge on any atom is -0.345 e. The van der Waals surface area contributed by atoms with Crippen molar-refractivity contribution in [3.63, 3.8) is 0 Å². The minimum atomic E-state index is -0.762. The third-order valence-corrected chi connectivity index (χ3v) is 5.68. The van der Waals surface area contributed by atoms with Crippen molar-refractivity contribution >= 4 is 23.4 Å². The van der Waals surface area contributed by atoms with E-state index in [-0.39, 0.29) is 17.7 Å². The molecule has 0 spiro atoms. The van der Waals surface area contributed by atoms with E-state index in [1.807, 2.05) is 69.3 Å². The van der Waals surface area contributed by atoms with Crippen molar-refractivity contribution in [1.82, 2.24) is 10.7 Å². The molecular weight excluding hydrogens is 378 g/mol. The van der Waals surface area contributed by atoms with Crippen molar-refractivity contribution in [1.29, 1.82) is 0 Å². The summed E-state index contributed by atoms with van der Waals surface area (Å²) in [6.07, 6.45) is 1.26. The van der Waals surface area contributed by atoms with Crippen LogP contribution in [0.15, 0.2) is 48.5 Å². The van der Waals surface area contributed by atoms with Gasteiger partial charge in [-0.15, -0.1) is 0 Å². The zero-order valence-electron chi connectivity index (χ0n) is 17.9. The lowest BCUT2D eigenvalue weighted by molar-refractivity contribution is -0.130. The Balaban J connectivity index is 1.85. The number of hydrogen-bond acceptors (Lipinski definition) is 3. The van der Waals surface area contributed by atoms with Gasteiger partial charge < -0.3 is 5.32 Å². The Morgan fingerprint density at radius 1 is 1.03 bits per heavy atom. The quantitative estimate of drug-likeness (QED) is 0.765. The van der Waals surface area contributed by atoms with Gasteiger partial charge in [-0.25, -0.2) is 5.01 Å². The molecule has 6 heteroatoms. The SMILES string of the molecule is CCC(C)CC(=O)N[C@@H](C)C(=O)NN1C(=O)C(C)c2ccccc2-c2ccccc21. The average molecular weight is 408 g/mol. The lowest BCUT2D eigenvalue weighted by atomic mass is 9.92. The van der Waals surface area contributed by atoms with Crippen LogP contribution >= 0.6 is 0 Å². The van der Waals surface area contributed by atoms with Crippen LogP contribution in [-0.4, -0.2) is 23.8 Å². The number of amides is 3. The van der Waals surface area contributed by atoms with Gasteiger partial charge in [0, 0.05) is 12.0 Å². The van der Waals surface area contributed by atoms with Crippen LogP contribution in [0.1, 0.15) is 52.0 Å². The molecule has 6 nitrogen and oxygen atoms in total. The maximum Gasteiger partial charge on any atom is 0.261 e. The van der Waals surface area contributed by atoms with Crippen LogP contribution in [-0.2, 0) is 14.4 Å². The summed E-state index contributed by atoms with van der Waals surface area (Å²) in [5.74, 6) is -1.01. The van der Waals surface area contributed by atoms with Crippen LogP contribution in [0, 0.1) is 5.92 Å². The van der Waals surface area contributed by atoms with Crippen LogP contribution in [0.5, 0.6) is 0 Å². The molecule has 2 N–H and O–H groups in total. The van der Waals surface area contributed by atoms with Crippen LogP contribution in [0.4, 0.5) is 5.69 Å². The third kappa shape index (κ3) is 4.37. The molecule has 0 saturated heterocycles. The molecule has 3 atom stereocenters. The summed E-state index contributed by atoms with van der Waals surface area (Å²) in [5, 5.41) is 4.05. The summed E-state index contributed by atoms with van der Waals surface area (Å²) in [4.78, 5) is 38.3. The molecule has 0 aromatic heterocycles. The van der Waals surface area contributed by atoms with E-state index < -0.39 is 17.9 Å². The molecule has 1 aliphatic heterocycles. The Morgan fingerprint density at radius 3 is 2.37 bits per heavy atom. The van der Waals surface area contributed by atoms with Crippen LogP contribution in [0.3, 0.4) is 0 Å². The first-order valence-electron chi connectivity index (χ1n) is 10.5. The molecule has 1 heterocycles. The van der Waals surface area contributed by atoms with Crippen molar-refractivity contribution in [2.75, 3.05) is 5.01 Å². The maximum absolute atomic E-state index is 13.3. The number of anilines is 1. The zero-order chi connectivity index (χ0) is 21.8. The number of hydrazine groups is 1. The summed E-state index contributed by atoms with van der Waals surface area (Å²) in [7, 11) is 0. The van der Waals surface area contributed by atoms with Crippen LogP contribution in [0.25, 0.3) is 11.1 Å². The first-order valence-corrected chi connectivity index (χ1v) is 10.5. The number of hydrogen-bond donors (Lipinski definition) is 2. The van der Waals surface area contributed by atoms with Gasteiger partial charge in [-0.05, 0) is 37.0 Å². The van der Waals surface area contributed by atoms with E-state index in [0.29, 0.717) is 12.1 Å². The van der Waals surface area contributed by atoms with Gasteiger partial charge in [-0.3, -0.25) is 19.8 Å². The third-order valence-electron chi connectivity index (χ3n) is 5.68. The first kappa shape index (κ1) is 21.6.